The van der Waals surface area contributed by atoms with Gasteiger partial charge in [0.25, 0.3) is 0 Å². The van der Waals surface area contributed by atoms with E-state index in [1.54, 1.807) is 0 Å². The minimum atomic E-state index is 0.505. The van der Waals surface area contributed by atoms with Crippen LogP contribution in [-0.2, 0) is 0 Å². The van der Waals surface area contributed by atoms with Gasteiger partial charge in [-0.1, -0.05) is 36.8 Å². The predicted octanol–water partition coefficient (Wildman–Crippen LogP) is 3.56. The predicted molar refractivity (Wildman–Crippen MR) is 90.5 cm³/mol. The Morgan fingerprint density at radius 2 is 2.05 bits per heavy atom. The van der Waals surface area contributed by atoms with Crippen molar-refractivity contribution in [2.45, 2.75) is 31.7 Å². The van der Waals surface area contributed by atoms with Crippen molar-refractivity contribution >= 4 is 11.8 Å². The fraction of sp³-hybridized carbons (Fsp3) is 0.647. The fourth-order valence-electron chi connectivity index (χ4n) is 2.86. The van der Waals surface area contributed by atoms with Crippen molar-refractivity contribution in [1.82, 2.24) is 10.2 Å². The summed E-state index contributed by atoms with van der Waals surface area (Å²) in [4.78, 5) is 2.65. The molecular formula is C17H28N2S. The Hall–Kier alpha value is -0.510. The van der Waals surface area contributed by atoms with E-state index in [-0.39, 0.29) is 0 Å². The zero-order valence-corrected chi connectivity index (χ0v) is 13.5. The molecule has 2 rings (SSSR count). The number of benzene rings is 1. The van der Waals surface area contributed by atoms with Crippen molar-refractivity contribution in [3.05, 3.63) is 35.9 Å². The number of hydrogen-bond donors (Lipinski definition) is 1. The Balaban J connectivity index is 1.78. The number of unbranched alkanes of at least 4 members (excludes halogenated alkanes) is 2. The van der Waals surface area contributed by atoms with Crippen LogP contribution in [0, 0.1) is 0 Å². The van der Waals surface area contributed by atoms with Crippen molar-refractivity contribution in [3.63, 3.8) is 0 Å². The molecule has 1 aromatic rings. The highest BCUT2D eigenvalue weighted by Crippen LogP contribution is 2.17. The maximum absolute atomic E-state index is 3.69. The van der Waals surface area contributed by atoms with E-state index in [1.807, 2.05) is 11.8 Å². The molecule has 3 heteroatoms. The van der Waals surface area contributed by atoms with Gasteiger partial charge in [0.1, 0.15) is 0 Å². The van der Waals surface area contributed by atoms with Gasteiger partial charge in [0.05, 0.1) is 0 Å². The van der Waals surface area contributed by atoms with E-state index in [4.69, 9.17) is 0 Å². The van der Waals surface area contributed by atoms with E-state index in [2.05, 4.69) is 46.8 Å². The maximum Gasteiger partial charge on any atom is 0.0449 e. The monoisotopic (exact) mass is 292 g/mol. The standard InChI is InChI=1S/C17H28N2S/c1-20-14-7-3-6-12-19-13-8-11-18-17(15-19)16-9-4-2-5-10-16/h2,4-5,9-10,17-18H,3,6-8,11-15H2,1H3. The molecule has 1 saturated heterocycles. The largest absolute Gasteiger partial charge is 0.309 e. The summed E-state index contributed by atoms with van der Waals surface area (Å²) in [6.07, 6.45) is 7.57. The Morgan fingerprint density at radius 1 is 1.20 bits per heavy atom. The van der Waals surface area contributed by atoms with Crippen LogP contribution in [0.25, 0.3) is 0 Å². The molecule has 1 atom stereocenters. The Bertz CT molecular complexity index is 355. The summed E-state index contributed by atoms with van der Waals surface area (Å²) in [5, 5.41) is 3.69. The summed E-state index contributed by atoms with van der Waals surface area (Å²) in [5.41, 5.74) is 1.43. The SMILES string of the molecule is CSCCCCCN1CCCNC(c2ccccc2)C1. The quantitative estimate of drug-likeness (QED) is 0.774. The first-order chi connectivity index (χ1) is 9.90. The van der Waals surface area contributed by atoms with Gasteiger partial charge in [-0.25, -0.2) is 0 Å². The van der Waals surface area contributed by atoms with Crippen LogP contribution in [0.4, 0.5) is 0 Å². The minimum Gasteiger partial charge on any atom is -0.309 e. The highest BCUT2D eigenvalue weighted by atomic mass is 32.2. The molecule has 1 heterocycles. The van der Waals surface area contributed by atoms with E-state index >= 15 is 0 Å². The van der Waals surface area contributed by atoms with Crippen molar-refractivity contribution in [1.29, 1.82) is 0 Å². The van der Waals surface area contributed by atoms with Crippen LogP contribution in [-0.4, -0.2) is 43.1 Å². The summed E-state index contributed by atoms with van der Waals surface area (Å²) in [5.74, 6) is 1.31. The molecule has 20 heavy (non-hydrogen) atoms. The molecule has 1 aliphatic heterocycles. The molecule has 112 valence electrons. The summed E-state index contributed by atoms with van der Waals surface area (Å²) >= 11 is 1.97. The Kier molecular flexibility index (Phi) is 7.48. The minimum absolute atomic E-state index is 0.505. The number of thioether (sulfide) groups is 1. The topological polar surface area (TPSA) is 15.3 Å². The molecule has 0 aliphatic carbocycles. The first-order valence-corrected chi connectivity index (χ1v) is 9.29. The van der Waals surface area contributed by atoms with Gasteiger partial charge in [0, 0.05) is 12.6 Å². The highest BCUT2D eigenvalue weighted by Gasteiger charge is 2.18. The van der Waals surface area contributed by atoms with Gasteiger partial charge in [-0.15, -0.1) is 0 Å². The average Bonchev–Trinajstić information content (AvgIpc) is 2.74. The first kappa shape index (κ1) is 15.9. The molecule has 1 N–H and O–H groups in total. The Morgan fingerprint density at radius 3 is 2.85 bits per heavy atom. The normalized spacial score (nSPS) is 20.8. The van der Waals surface area contributed by atoms with Crippen LogP contribution in [0.2, 0.25) is 0 Å². The number of hydrogen-bond acceptors (Lipinski definition) is 3. The summed E-state index contributed by atoms with van der Waals surface area (Å²) in [6.45, 7) is 4.81. The van der Waals surface area contributed by atoms with E-state index in [0.717, 1.165) is 13.1 Å². The third-order valence-corrected chi connectivity index (χ3v) is 4.70. The molecule has 0 aromatic heterocycles. The maximum atomic E-state index is 3.69. The molecule has 2 nitrogen and oxygen atoms in total. The van der Waals surface area contributed by atoms with E-state index in [9.17, 15) is 0 Å². The molecule has 0 radical (unpaired) electrons. The molecule has 0 bridgehead atoms. The third-order valence-electron chi connectivity index (χ3n) is 4.01. The number of nitrogens with one attached hydrogen (secondary N) is 1. The molecule has 0 amide bonds. The van der Waals surface area contributed by atoms with Crippen LogP contribution in [0.3, 0.4) is 0 Å². The molecule has 1 aromatic carbocycles. The zero-order valence-electron chi connectivity index (χ0n) is 12.7. The van der Waals surface area contributed by atoms with Gasteiger partial charge < -0.3 is 10.2 Å². The van der Waals surface area contributed by atoms with Gasteiger partial charge in [-0.2, -0.15) is 11.8 Å². The van der Waals surface area contributed by atoms with Gasteiger partial charge in [-0.3, -0.25) is 0 Å². The molecule has 1 aliphatic rings. The lowest BCUT2D eigenvalue weighted by molar-refractivity contribution is 0.263. The summed E-state index contributed by atoms with van der Waals surface area (Å²) in [7, 11) is 0. The molecule has 1 fully saturated rings. The number of rotatable bonds is 7. The smallest absolute Gasteiger partial charge is 0.0449 e. The molecular weight excluding hydrogens is 264 g/mol. The molecule has 0 saturated carbocycles. The van der Waals surface area contributed by atoms with Crippen molar-refractivity contribution < 1.29 is 0 Å². The molecule has 1 unspecified atom stereocenters. The zero-order chi connectivity index (χ0) is 14.0. The lowest BCUT2D eigenvalue weighted by atomic mass is 10.1. The van der Waals surface area contributed by atoms with E-state index in [0.29, 0.717) is 6.04 Å². The van der Waals surface area contributed by atoms with Crippen molar-refractivity contribution in [3.8, 4) is 0 Å². The fourth-order valence-corrected chi connectivity index (χ4v) is 3.36. The van der Waals surface area contributed by atoms with Crippen LogP contribution in [0.1, 0.15) is 37.3 Å². The lowest BCUT2D eigenvalue weighted by Crippen LogP contribution is -2.32. The summed E-state index contributed by atoms with van der Waals surface area (Å²) in [6, 6.07) is 11.4. The highest BCUT2D eigenvalue weighted by molar-refractivity contribution is 7.98. The van der Waals surface area contributed by atoms with Gasteiger partial charge >= 0.3 is 0 Å². The second kappa shape index (κ2) is 9.43. The van der Waals surface area contributed by atoms with Gasteiger partial charge in [0.2, 0.25) is 0 Å². The van der Waals surface area contributed by atoms with Crippen LogP contribution >= 0.6 is 11.8 Å². The van der Waals surface area contributed by atoms with E-state index in [1.165, 1.54) is 50.1 Å². The number of nitrogens with zero attached hydrogens (tertiary/aromatic N) is 1. The van der Waals surface area contributed by atoms with Crippen molar-refractivity contribution in [2.75, 3.05) is 38.2 Å². The Labute approximate surface area is 128 Å². The first-order valence-electron chi connectivity index (χ1n) is 7.90. The van der Waals surface area contributed by atoms with Crippen LogP contribution in [0.15, 0.2) is 30.3 Å². The van der Waals surface area contributed by atoms with Gasteiger partial charge in [0.15, 0.2) is 0 Å². The average molecular weight is 292 g/mol. The van der Waals surface area contributed by atoms with Gasteiger partial charge in [-0.05, 0) is 56.5 Å². The summed E-state index contributed by atoms with van der Waals surface area (Å²) < 4.78 is 0. The van der Waals surface area contributed by atoms with Crippen LogP contribution in [0.5, 0.6) is 0 Å². The lowest BCUT2D eigenvalue weighted by Gasteiger charge is -2.24. The third kappa shape index (κ3) is 5.47. The second-order valence-corrected chi connectivity index (χ2v) is 6.61. The van der Waals surface area contributed by atoms with E-state index < -0.39 is 0 Å². The van der Waals surface area contributed by atoms with Crippen LogP contribution < -0.4 is 5.32 Å². The molecule has 0 spiro atoms. The second-order valence-electron chi connectivity index (χ2n) is 5.63. The van der Waals surface area contributed by atoms with Crippen molar-refractivity contribution in [2.24, 2.45) is 0 Å².